The van der Waals surface area contributed by atoms with Crippen LogP contribution in [0.4, 0.5) is 5.69 Å². The minimum atomic E-state index is -3.56. The largest absolute Gasteiger partial charge is 0.456 e. The highest BCUT2D eigenvalue weighted by Gasteiger charge is 2.31. The second-order valence-corrected chi connectivity index (χ2v) is 11.2. The molecule has 1 aliphatic rings. The number of hydrogen-bond acceptors (Lipinski definition) is 5. The summed E-state index contributed by atoms with van der Waals surface area (Å²) in [6.45, 7) is 10.5. The molecule has 29 heavy (non-hydrogen) atoms. The molecule has 1 saturated heterocycles. The highest BCUT2D eigenvalue weighted by atomic mass is 32.2. The van der Waals surface area contributed by atoms with Crippen LogP contribution in [0.1, 0.15) is 47.5 Å². The first kappa shape index (κ1) is 23.3. The van der Waals surface area contributed by atoms with Gasteiger partial charge in [0.05, 0.1) is 11.3 Å². The summed E-state index contributed by atoms with van der Waals surface area (Å²) in [5.41, 5.74) is 0.236. The fourth-order valence-corrected chi connectivity index (χ4v) is 5.17. The second kappa shape index (κ2) is 9.26. The van der Waals surface area contributed by atoms with Gasteiger partial charge in [-0.1, -0.05) is 34.6 Å². The van der Waals surface area contributed by atoms with E-state index < -0.39 is 21.9 Å². The van der Waals surface area contributed by atoms with Crippen molar-refractivity contribution < 1.29 is 22.7 Å². The number of hydrogen-bond donors (Lipinski definition) is 1. The third kappa shape index (κ3) is 7.12. The number of sulfonamides is 1. The van der Waals surface area contributed by atoms with E-state index in [2.05, 4.69) is 19.2 Å². The molecule has 0 unspecified atom stereocenters. The molecule has 8 heteroatoms. The van der Waals surface area contributed by atoms with Gasteiger partial charge in [-0.25, -0.2) is 8.42 Å². The summed E-state index contributed by atoms with van der Waals surface area (Å²) >= 11 is 0. The second-order valence-electron chi connectivity index (χ2n) is 9.24. The van der Waals surface area contributed by atoms with Crippen LogP contribution in [-0.4, -0.2) is 44.3 Å². The number of rotatable bonds is 6. The maximum Gasteiger partial charge on any atom is 0.306 e. The molecule has 1 aromatic carbocycles. The molecule has 1 aromatic rings. The Hall–Kier alpha value is -1.93. The molecule has 0 saturated carbocycles. The van der Waals surface area contributed by atoms with Gasteiger partial charge in [0.2, 0.25) is 10.0 Å². The lowest BCUT2D eigenvalue weighted by atomic mass is 9.92. The van der Waals surface area contributed by atoms with Gasteiger partial charge in [0.15, 0.2) is 6.61 Å². The number of ether oxygens (including phenoxy) is 1. The highest BCUT2D eigenvalue weighted by Crippen LogP contribution is 2.27. The molecule has 2 atom stereocenters. The molecule has 2 rings (SSSR count). The van der Waals surface area contributed by atoms with Crippen LogP contribution in [0.25, 0.3) is 0 Å². The normalized spacial score (nSPS) is 20.9. The number of esters is 1. The molecule has 162 valence electrons. The molecule has 7 nitrogen and oxygen atoms in total. The number of nitrogens with one attached hydrogen (secondary N) is 1. The zero-order valence-electron chi connectivity index (χ0n) is 17.9. The molecular formula is C21H32N2O5S. The van der Waals surface area contributed by atoms with Gasteiger partial charge >= 0.3 is 5.97 Å². The van der Waals surface area contributed by atoms with Gasteiger partial charge in [0.1, 0.15) is 0 Å². The van der Waals surface area contributed by atoms with Crippen LogP contribution in [0.15, 0.2) is 29.2 Å². The fraction of sp³-hybridized carbons (Fsp3) is 0.619. The zero-order valence-corrected chi connectivity index (χ0v) is 18.7. The molecule has 0 bridgehead atoms. The topological polar surface area (TPSA) is 92.8 Å². The first-order chi connectivity index (χ1) is 13.4. The third-order valence-corrected chi connectivity index (χ3v) is 6.50. The van der Waals surface area contributed by atoms with Crippen molar-refractivity contribution in [3.63, 3.8) is 0 Å². The number of carbonyl (C=O) groups excluding carboxylic acids is 2. The molecule has 1 amide bonds. The quantitative estimate of drug-likeness (QED) is 0.708. The van der Waals surface area contributed by atoms with Gasteiger partial charge in [-0.15, -0.1) is 0 Å². The average Bonchev–Trinajstić information content (AvgIpc) is 2.58. The van der Waals surface area contributed by atoms with Crippen LogP contribution in [-0.2, 0) is 24.3 Å². The smallest absolute Gasteiger partial charge is 0.306 e. The van der Waals surface area contributed by atoms with E-state index in [1.807, 2.05) is 20.8 Å². The zero-order chi connectivity index (χ0) is 21.8. The SMILES string of the molecule is C[C@@H]1C[C@H](C)CN(S(=O)(=O)c2ccc(NC(=O)COC(=O)CC(C)(C)C)cc2)C1. The third-order valence-electron chi connectivity index (χ3n) is 4.65. The molecule has 0 spiro atoms. The maximum atomic E-state index is 12.9. The predicted molar refractivity (Wildman–Crippen MR) is 112 cm³/mol. The summed E-state index contributed by atoms with van der Waals surface area (Å²) in [7, 11) is -3.56. The number of anilines is 1. The summed E-state index contributed by atoms with van der Waals surface area (Å²) < 4.78 is 32.3. The average molecular weight is 425 g/mol. The lowest BCUT2D eigenvalue weighted by molar-refractivity contribution is -0.149. The molecule has 1 fully saturated rings. The summed E-state index contributed by atoms with van der Waals surface area (Å²) in [5, 5.41) is 2.61. The van der Waals surface area contributed by atoms with Crippen LogP contribution < -0.4 is 5.32 Å². The van der Waals surface area contributed by atoms with Gasteiger partial charge < -0.3 is 10.1 Å². The Morgan fingerprint density at radius 2 is 1.66 bits per heavy atom. The van der Waals surface area contributed by atoms with Crippen molar-refractivity contribution in [2.45, 2.75) is 52.4 Å². The summed E-state index contributed by atoms with van der Waals surface area (Å²) in [5.74, 6) is -0.248. The first-order valence-corrected chi connectivity index (χ1v) is 11.4. The van der Waals surface area contributed by atoms with Crippen LogP contribution in [0.5, 0.6) is 0 Å². The molecular weight excluding hydrogens is 392 g/mol. The number of amides is 1. The Balaban J connectivity index is 1.94. The monoisotopic (exact) mass is 424 g/mol. The minimum absolute atomic E-state index is 0.202. The minimum Gasteiger partial charge on any atom is -0.456 e. The standard InChI is InChI=1S/C21H32N2O5S/c1-15-10-16(2)13-23(12-15)29(26,27)18-8-6-17(7-9-18)22-19(24)14-28-20(25)11-21(3,4)5/h6-9,15-16H,10-14H2,1-5H3,(H,22,24)/t15-,16+. The van der Waals surface area contributed by atoms with Crippen molar-refractivity contribution in [3.8, 4) is 0 Å². The van der Waals surface area contributed by atoms with Crippen LogP contribution in [0, 0.1) is 17.3 Å². The molecule has 1 N–H and O–H groups in total. The Bertz CT molecular complexity index is 818. The Kier molecular flexibility index (Phi) is 7.45. The Morgan fingerprint density at radius 3 is 2.17 bits per heavy atom. The lowest BCUT2D eigenvalue weighted by Crippen LogP contribution is -2.42. The van der Waals surface area contributed by atoms with Crippen molar-refractivity contribution in [2.24, 2.45) is 17.3 Å². The summed E-state index contributed by atoms with van der Waals surface area (Å²) in [6, 6.07) is 6.05. The van der Waals surface area contributed by atoms with Crippen molar-refractivity contribution in [1.82, 2.24) is 4.31 Å². The van der Waals surface area contributed by atoms with Crippen LogP contribution in [0.3, 0.4) is 0 Å². The number of benzene rings is 1. The molecule has 0 aliphatic carbocycles. The van der Waals surface area contributed by atoms with Crippen molar-refractivity contribution >= 4 is 27.6 Å². The molecule has 0 radical (unpaired) electrons. The number of piperidine rings is 1. The van der Waals surface area contributed by atoms with Crippen LogP contribution in [0.2, 0.25) is 0 Å². The van der Waals surface area contributed by atoms with Gasteiger partial charge in [-0.05, 0) is 47.9 Å². The first-order valence-electron chi connectivity index (χ1n) is 9.92. The molecule has 1 heterocycles. The van der Waals surface area contributed by atoms with Gasteiger partial charge in [-0.2, -0.15) is 4.31 Å². The van der Waals surface area contributed by atoms with E-state index >= 15 is 0 Å². The van der Waals surface area contributed by atoms with E-state index in [-0.39, 0.29) is 23.3 Å². The van der Waals surface area contributed by atoms with E-state index in [0.717, 1.165) is 6.42 Å². The van der Waals surface area contributed by atoms with Gasteiger partial charge in [0, 0.05) is 18.8 Å². The summed E-state index contributed by atoms with van der Waals surface area (Å²) in [4.78, 5) is 23.9. The van der Waals surface area contributed by atoms with Gasteiger partial charge in [-0.3, -0.25) is 9.59 Å². The van der Waals surface area contributed by atoms with E-state index in [1.54, 1.807) is 12.1 Å². The van der Waals surface area contributed by atoms with Crippen molar-refractivity contribution in [3.05, 3.63) is 24.3 Å². The Labute approximate surface area is 173 Å². The van der Waals surface area contributed by atoms with E-state index in [1.165, 1.54) is 16.4 Å². The van der Waals surface area contributed by atoms with Crippen molar-refractivity contribution in [2.75, 3.05) is 25.0 Å². The lowest BCUT2D eigenvalue weighted by Gasteiger charge is -2.34. The van der Waals surface area contributed by atoms with Crippen LogP contribution >= 0.6 is 0 Å². The molecule has 0 aromatic heterocycles. The molecule has 1 aliphatic heterocycles. The summed E-state index contributed by atoms with van der Waals surface area (Å²) in [6.07, 6.45) is 1.25. The predicted octanol–water partition coefficient (Wildman–Crippen LogP) is 3.27. The van der Waals surface area contributed by atoms with E-state index in [0.29, 0.717) is 30.6 Å². The van der Waals surface area contributed by atoms with E-state index in [9.17, 15) is 18.0 Å². The van der Waals surface area contributed by atoms with E-state index in [4.69, 9.17) is 4.74 Å². The maximum absolute atomic E-state index is 12.9. The van der Waals surface area contributed by atoms with Crippen molar-refractivity contribution in [1.29, 1.82) is 0 Å². The fourth-order valence-electron chi connectivity index (χ4n) is 3.49. The van der Waals surface area contributed by atoms with Gasteiger partial charge in [0.25, 0.3) is 5.91 Å². The Morgan fingerprint density at radius 1 is 1.10 bits per heavy atom. The number of nitrogens with zero attached hydrogens (tertiary/aromatic N) is 1. The number of carbonyl (C=O) groups is 2. The highest BCUT2D eigenvalue weighted by molar-refractivity contribution is 7.89.